The smallest absolute Gasteiger partial charge is 0.314 e. The number of urea groups is 1. The van der Waals surface area contributed by atoms with Gasteiger partial charge in [-0.15, -0.1) is 0 Å². The van der Waals surface area contributed by atoms with E-state index in [1.54, 1.807) is 22.4 Å². The zero-order chi connectivity index (χ0) is 12.4. The molecule has 2 aromatic rings. The zero-order valence-electron chi connectivity index (χ0n) is 9.67. The summed E-state index contributed by atoms with van der Waals surface area (Å²) >= 11 is 1.66. The molecule has 0 fully saturated rings. The van der Waals surface area contributed by atoms with E-state index in [-0.39, 0.29) is 6.03 Å². The Morgan fingerprint density at radius 1 is 1.17 bits per heavy atom. The highest BCUT2D eigenvalue weighted by Crippen LogP contribution is 2.24. The van der Waals surface area contributed by atoms with Crippen LogP contribution in [0.15, 0.2) is 53.4 Å². The number of amides is 2. The Morgan fingerprint density at radius 3 is 2.72 bits per heavy atom. The number of hydrogen-bond acceptors (Lipinski definition) is 2. The number of benzene rings is 1. The average Bonchev–Trinajstić information content (AvgIpc) is 2.94. The van der Waals surface area contributed by atoms with Crippen molar-refractivity contribution in [2.45, 2.75) is 0 Å². The summed E-state index contributed by atoms with van der Waals surface area (Å²) < 4.78 is 0. The number of carbonyl (C=O) groups is 1. The molecule has 4 heteroatoms. The Bertz CT molecular complexity index is 575. The van der Waals surface area contributed by atoms with Crippen LogP contribution >= 0.6 is 11.3 Å². The van der Waals surface area contributed by atoms with Crippen molar-refractivity contribution in [2.24, 2.45) is 0 Å². The minimum absolute atomic E-state index is 0.0832. The molecule has 2 heterocycles. The first-order chi connectivity index (χ1) is 8.84. The maximum absolute atomic E-state index is 11.9. The second kappa shape index (κ2) is 4.66. The lowest BCUT2D eigenvalue weighted by molar-refractivity contribution is 0.249. The third-order valence-electron chi connectivity index (χ3n) is 2.90. The Morgan fingerprint density at radius 2 is 2.00 bits per heavy atom. The molecule has 90 valence electrons. The SMILES string of the molecule is O=C1NC=C(c2ccsc2)CN1c1ccccc1. The average molecular weight is 256 g/mol. The molecular weight excluding hydrogens is 244 g/mol. The molecule has 0 atom stereocenters. The molecular formula is C14H12N2OS. The van der Waals surface area contributed by atoms with Gasteiger partial charge < -0.3 is 5.32 Å². The highest BCUT2D eigenvalue weighted by atomic mass is 32.1. The van der Waals surface area contributed by atoms with Crippen molar-refractivity contribution in [3.63, 3.8) is 0 Å². The molecule has 0 bridgehead atoms. The van der Waals surface area contributed by atoms with Gasteiger partial charge in [-0.05, 0) is 40.1 Å². The van der Waals surface area contributed by atoms with Gasteiger partial charge in [0.1, 0.15) is 0 Å². The maximum atomic E-state index is 11.9. The molecule has 0 radical (unpaired) electrons. The number of thiophene rings is 1. The standard InChI is InChI=1S/C14H12N2OS/c17-14-15-8-12(11-6-7-18-10-11)9-16(14)13-4-2-1-3-5-13/h1-8,10H,9H2,(H,15,17). The third-order valence-corrected chi connectivity index (χ3v) is 3.59. The van der Waals surface area contributed by atoms with Gasteiger partial charge >= 0.3 is 6.03 Å². The third kappa shape index (κ3) is 2.02. The van der Waals surface area contributed by atoms with E-state index in [2.05, 4.69) is 16.8 Å². The molecule has 0 saturated carbocycles. The van der Waals surface area contributed by atoms with Crippen LogP contribution in [0.4, 0.5) is 10.5 Å². The fourth-order valence-electron chi connectivity index (χ4n) is 1.95. The van der Waals surface area contributed by atoms with E-state index in [0.717, 1.165) is 11.3 Å². The second-order valence-electron chi connectivity index (χ2n) is 4.05. The van der Waals surface area contributed by atoms with Gasteiger partial charge in [-0.25, -0.2) is 4.79 Å². The van der Waals surface area contributed by atoms with E-state index >= 15 is 0 Å². The molecule has 0 aliphatic carbocycles. The van der Waals surface area contributed by atoms with Gasteiger partial charge in [-0.3, -0.25) is 4.90 Å². The van der Waals surface area contributed by atoms with Crippen LogP contribution in [0.5, 0.6) is 0 Å². The van der Waals surface area contributed by atoms with Crippen LogP contribution in [0.3, 0.4) is 0 Å². The van der Waals surface area contributed by atoms with Crippen molar-refractivity contribution < 1.29 is 4.79 Å². The van der Waals surface area contributed by atoms with Gasteiger partial charge in [0.25, 0.3) is 0 Å². The van der Waals surface area contributed by atoms with Crippen molar-refractivity contribution >= 4 is 28.6 Å². The van der Waals surface area contributed by atoms with Crippen LogP contribution in [0.25, 0.3) is 5.57 Å². The Kier molecular flexibility index (Phi) is 2.86. The summed E-state index contributed by atoms with van der Waals surface area (Å²) in [5, 5.41) is 6.93. The summed E-state index contributed by atoms with van der Waals surface area (Å²) in [6, 6.07) is 11.7. The molecule has 3 rings (SSSR count). The minimum Gasteiger partial charge on any atom is -0.314 e. The van der Waals surface area contributed by atoms with Crippen molar-refractivity contribution in [3.8, 4) is 0 Å². The molecule has 1 aliphatic rings. The van der Waals surface area contributed by atoms with Crippen LogP contribution in [0.2, 0.25) is 0 Å². The van der Waals surface area contributed by atoms with Crippen LogP contribution in [-0.2, 0) is 0 Å². The summed E-state index contributed by atoms with van der Waals surface area (Å²) in [5.74, 6) is 0. The summed E-state index contributed by atoms with van der Waals surface area (Å²) in [6.07, 6.45) is 1.80. The summed E-state index contributed by atoms with van der Waals surface area (Å²) in [6.45, 7) is 0.604. The molecule has 0 saturated heterocycles. The van der Waals surface area contributed by atoms with E-state index in [9.17, 15) is 4.79 Å². The molecule has 1 aromatic heterocycles. The largest absolute Gasteiger partial charge is 0.326 e. The second-order valence-corrected chi connectivity index (χ2v) is 4.83. The number of carbonyl (C=O) groups excluding carboxylic acids is 1. The van der Waals surface area contributed by atoms with Crippen molar-refractivity contribution in [2.75, 3.05) is 11.4 Å². The molecule has 0 spiro atoms. The Balaban J connectivity index is 1.90. The van der Waals surface area contributed by atoms with E-state index in [0.29, 0.717) is 6.54 Å². The number of nitrogens with one attached hydrogen (secondary N) is 1. The number of hydrogen-bond donors (Lipinski definition) is 1. The quantitative estimate of drug-likeness (QED) is 0.878. The van der Waals surface area contributed by atoms with E-state index in [1.165, 1.54) is 5.56 Å². The molecule has 2 amide bonds. The minimum atomic E-state index is -0.0832. The number of anilines is 1. The van der Waals surface area contributed by atoms with Crippen LogP contribution in [0, 0.1) is 0 Å². The van der Waals surface area contributed by atoms with Crippen molar-refractivity contribution in [3.05, 3.63) is 58.9 Å². The van der Waals surface area contributed by atoms with Gasteiger partial charge in [0.15, 0.2) is 0 Å². The molecule has 18 heavy (non-hydrogen) atoms. The van der Waals surface area contributed by atoms with Gasteiger partial charge in [-0.2, -0.15) is 11.3 Å². The summed E-state index contributed by atoms with van der Waals surface area (Å²) in [5.41, 5.74) is 3.21. The van der Waals surface area contributed by atoms with E-state index < -0.39 is 0 Å². The molecule has 3 nitrogen and oxygen atoms in total. The summed E-state index contributed by atoms with van der Waals surface area (Å²) in [4.78, 5) is 13.6. The first kappa shape index (κ1) is 11.0. The fourth-order valence-corrected chi connectivity index (χ4v) is 2.63. The van der Waals surface area contributed by atoms with Crippen LogP contribution in [0.1, 0.15) is 5.56 Å². The van der Waals surface area contributed by atoms with E-state index in [4.69, 9.17) is 0 Å². The van der Waals surface area contributed by atoms with Crippen LogP contribution in [-0.4, -0.2) is 12.6 Å². The lowest BCUT2D eigenvalue weighted by Gasteiger charge is -2.27. The number of nitrogens with zero attached hydrogens (tertiary/aromatic N) is 1. The topological polar surface area (TPSA) is 32.3 Å². The number of rotatable bonds is 2. The van der Waals surface area contributed by atoms with Gasteiger partial charge in [0, 0.05) is 11.9 Å². The predicted molar refractivity (Wildman–Crippen MR) is 74.6 cm³/mol. The Labute approximate surface area is 109 Å². The van der Waals surface area contributed by atoms with Crippen LogP contribution < -0.4 is 10.2 Å². The van der Waals surface area contributed by atoms with Crippen molar-refractivity contribution in [1.29, 1.82) is 0 Å². The maximum Gasteiger partial charge on any atom is 0.326 e. The predicted octanol–water partition coefficient (Wildman–Crippen LogP) is 3.32. The number of para-hydroxylation sites is 1. The fraction of sp³-hybridized carbons (Fsp3) is 0.0714. The molecule has 0 unspecified atom stereocenters. The van der Waals surface area contributed by atoms with E-state index in [1.807, 2.05) is 35.7 Å². The van der Waals surface area contributed by atoms with Gasteiger partial charge in [-0.1, -0.05) is 18.2 Å². The van der Waals surface area contributed by atoms with Gasteiger partial charge in [0.05, 0.1) is 6.54 Å². The molecule has 1 aliphatic heterocycles. The van der Waals surface area contributed by atoms with Crippen molar-refractivity contribution in [1.82, 2.24) is 5.32 Å². The highest BCUT2D eigenvalue weighted by Gasteiger charge is 2.21. The monoisotopic (exact) mass is 256 g/mol. The molecule has 1 aromatic carbocycles. The zero-order valence-corrected chi connectivity index (χ0v) is 10.5. The lowest BCUT2D eigenvalue weighted by atomic mass is 10.1. The first-order valence-electron chi connectivity index (χ1n) is 5.69. The Hall–Kier alpha value is -2.07. The first-order valence-corrected chi connectivity index (χ1v) is 6.63. The molecule has 1 N–H and O–H groups in total. The normalized spacial score (nSPS) is 15.2. The van der Waals surface area contributed by atoms with Gasteiger partial charge in [0.2, 0.25) is 0 Å². The summed E-state index contributed by atoms with van der Waals surface area (Å²) in [7, 11) is 0. The highest BCUT2D eigenvalue weighted by molar-refractivity contribution is 7.08. The lowest BCUT2D eigenvalue weighted by Crippen LogP contribution is -2.42.